The van der Waals surface area contributed by atoms with Gasteiger partial charge >= 0.3 is 5.97 Å². The van der Waals surface area contributed by atoms with Gasteiger partial charge in [-0.1, -0.05) is 12.1 Å². The van der Waals surface area contributed by atoms with E-state index in [1.807, 2.05) is 12.1 Å². The molecular formula is C13H17NO3. The fourth-order valence-electron chi connectivity index (χ4n) is 1.95. The molecule has 0 radical (unpaired) electrons. The summed E-state index contributed by atoms with van der Waals surface area (Å²) in [4.78, 5) is 12.7. The molecule has 1 aromatic rings. The third-order valence-electron chi connectivity index (χ3n) is 2.94. The fraction of sp³-hybridized carbons (Fsp3) is 0.462. The van der Waals surface area contributed by atoms with E-state index < -0.39 is 5.97 Å². The molecule has 0 spiro atoms. The quantitative estimate of drug-likeness (QED) is 0.860. The number of carbonyl (C=O) groups is 1. The van der Waals surface area contributed by atoms with E-state index in [-0.39, 0.29) is 6.42 Å². The van der Waals surface area contributed by atoms with Crippen molar-refractivity contribution in [3.63, 3.8) is 0 Å². The van der Waals surface area contributed by atoms with E-state index in [1.165, 1.54) is 5.69 Å². The number of rotatable bonds is 4. The number of benzene rings is 1. The maximum absolute atomic E-state index is 10.5. The first-order valence-electron chi connectivity index (χ1n) is 5.89. The number of aliphatic carboxylic acids is 1. The Kier molecular flexibility index (Phi) is 3.98. The number of nitrogens with zero attached hydrogens (tertiary/aromatic N) is 1. The molecule has 0 saturated carbocycles. The summed E-state index contributed by atoms with van der Waals surface area (Å²) in [6.45, 7) is 3.41. The first-order chi connectivity index (χ1) is 8.25. The summed E-state index contributed by atoms with van der Waals surface area (Å²) in [5, 5.41) is 8.61. The number of hydrogen-bond acceptors (Lipinski definition) is 3. The minimum Gasteiger partial charge on any atom is -0.481 e. The van der Waals surface area contributed by atoms with Gasteiger partial charge < -0.3 is 14.7 Å². The molecule has 17 heavy (non-hydrogen) atoms. The van der Waals surface area contributed by atoms with Crippen LogP contribution in [0.15, 0.2) is 24.3 Å². The number of anilines is 1. The lowest BCUT2D eigenvalue weighted by molar-refractivity contribution is -0.136. The lowest BCUT2D eigenvalue weighted by Crippen LogP contribution is -2.36. The molecule has 1 aliphatic heterocycles. The van der Waals surface area contributed by atoms with Crippen LogP contribution in [0.1, 0.15) is 12.0 Å². The summed E-state index contributed by atoms with van der Waals surface area (Å²) in [6, 6.07) is 8.13. The van der Waals surface area contributed by atoms with Gasteiger partial charge in [0.2, 0.25) is 0 Å². The number of hydrogen-bond donors (Lipinski definition) is 1. The molecule has 0 unspecified atom stereocenters. The Morgan fingerprint density at radius 2 is 1.88 bits per heavy atom. The van der Waals surface area contributed by atoms with E-state index in [0.717, 1.165) is 31.9 Å². The van der Waals surface area contributed by atoms with Gasteiger partial charge in [0.25, 0.3) is 0 Å². The van der Waals surface area contributed by atoms with Gasteiger partial charge in [-0.2, -0.15) is 0 Å². The smallest absolute Gasteiger partial charge is 0.303 e. The van der Waals surface area contributed by atoms with Crippen LogP contribution >= 0.6 is 0 Å². The second-order valence-corrected chi connectivity index (χ2v) is 4.16. The monoisotopic (exact) mass is 235 g/mol. The highest BCUT2D eigenvalue weighted by atomic mass is 16.5. The van der Waals surface area contributed by atoms with Crippen molar-refractivity contribution in [2.75, 3.05) is 31.2 Å². The van der Waals surface area contributed by atoms with Crippen LogP contribution in [0.5, 0.6) is 0 Å². The number of carboxylic acids is 1. The summed E-state index contributed by atoms with van der Waals surface area (Å²) >= 11 is 0. The first kappa shape index (κ1) is 11.9. The normalized spacial score (nSPS) is 15.9. The average Bonchev–Trinajstić information content (AvgIpc) is 2.38. The first-order valence-corrected chi connectivity index (χ1v) is 5.89. The van der Waals surface area contributed by atoms with Crippen molar-refractivity contribution < 1.29 is 14.6 Å². The standard InChI is InChI=1S/C13H17NO3/c15-13(16)6-3-11-1-4-12(5-2-11)14-7-9-17-10-8-14/h1-2,4-5H,3,6-10H2,(H,15,16). The number of aryl methyl sites for hydroxylation is 1. The molecule has 0 aromatic heterocycles. The Labute approximate surface area is 101 Å². The van der Waals surface area contributed by atoms with Gasteiger partial charge in [-0.15, -0.1) is 0 Å². The van der Waals surface area contributed by atoms with Crippen molar-refractivity contribution in [3.8, 4) is 0 Å². The van der Waals surface area contributed by atoms with Crippen LogP contribution < -0.4 is 4.90 Å². The molecule has 1 aliphatic rings. The predicted octanol–water partition coefficient (Wildman–Crippen LogP) is 1.54. The van der Waals surface area contributed by atoms with Crippen molar-refractivity contribution in [1.82, 2.24) is 0 Å². The van der Waals surface area contributed by atoms with E-state index in [9.17, 15) is 4.79 Å². The van der Waals surface area contributed by atoms with Crippen LogP contribution in [-0.2, 0) is 16.0 Å². The summed E-state index contributed by atoms with van der Waals surface area (Å²) in [5.74, 6) is -0.748. The molecule has 0 atom stereocenters. The van der Waals surface area contributed by atoms with Crippen LogP contribution in [0.3, 0.4) is 0 Å². The SMILES string of the molecule is O=C(O)CCc1ccc(N2CCOCC2)cc1. The molecule has 4 nitrogen and oxygen atoms in total. The molecule has 1 aromatic carbocycles. The number of carboxylic acid groups (broad SMARTS) is 1. The van der Waals surface area contributed by atoms with Gasteiger partial charge in [0.05, 0.1) is 13.2 Å². The van der Waals surface area contributed by atoms with Crippen molar-refractivity contribution in [2.24, 2.45) is 0 Å². The predicted molar refractivity (Wildman–Crippen MR) is 65.4 cm³/mol. The highest BCUT2D eigenvalue weighted by molar-refractivity contribution is 5.67. The Balaban J connectivity index is 1.94. The maximum Gasteiger partial charge on any atom is 0.303 e. The molecule has 1 fully saturated rings. The van der Waals surface area contributed by atoms with E-state index in [4.69, 9.17) is 9.84 Å². The van der Waals surface area contributed by atoms with Gasteiger partial charge in [-0.3, -0.25) is 4.79 Å². The molecule has 4 heteroatoms. The Morgan fingerprint density at radius 1 is 1.24 bits per heavy atom. The summed E-state index contributed by atoms with van der Waals surface area (Å²) < 4.78 is 5.30. The maximum atomic E-state index is 10.5. The lowest BCUT2D eigenvalue weighted by atomic mass is 10.1. The van der Waals surface area contributed by atoms with Gasteiger partial charge in [0.15, 0.2) is 0 Å². The van der Waals surface area contributed by atoms with Crippen LogP contribution in [0.4, 0.5) is 5.69 Å². The molecule has 1 N–H and O–H groups in total. The third kappa shape index (κ3) is 3.46. The molecule has 1 saturated heterocycles. The molecular weight excluding hydrogens is 218 g/mol. The van der Waals surface area contributed by atoms with Crippen LogP contribution in [-0.4, -0.2) is 37.4 Å². The van der Waals surface area contributed by atoms with E-state index in [1.54, 1.807) is 0 Å². The van der Waals surface area contributed by atoms with Gasteiger partial charge in [-0.25, -0.2) is 0 Å². The Morgan fingerprint density at radius 3 is 2.47 bits per heavy atom. The minimum absolute atomic E-state index is 0.191. The average molecular weight is 235 g/mol. The van der Waals surface area contributed by atoms with Gasteiger partial charge in [-0.05, 0) is 24.1 Å². The summed E-state index contributed by atoms with van der Waals surface area (Å²) in [6.07, 6.45) is 0.787. The number of ether oxygens (including phenoxy) is 1. The van der Waals surface area contributed by atoms with Crippen molar-refractivity contribution in [1.29, 1.82) is 0 Å². The number of morpholine rings is 1. The zero-order chi connectivity index (χ0) is 12.1. The highest BCUT2D eigenvalue weighted by Crippen LogP contribution is 2.17. The highest BCUT2D eigenvalue weighted by Gasteiger charge is 2.10. The Bertz CT molecular complexity index is 369. The topological polar surface area (TPSA) is 49.8 Å². The molecule has 0 amide bonds. The van der Waals surface area contributed by atoms with Crippen molar-refractivity contribution in [3.05, 3.63) is 29.8 Å². The summed E-state index contributed by atoms with van der Waals surface area (Å²) in [5.41, 5.74) is 2.26. The zero-order valence-electron chi connectivity index (χ0n) is 9.76. The summed E-state index contributed by atoms with van der Waals surface area (Å²) in [7, 11) is 0. The fourth-order valence-corrected chi connectivity index (χ4v) is 1.95. The van der Waals surface area contributed by atoms with Crippen LogP contribution in [0, 0.1) is 0 Å². The van der Waals surface area contributed by atoms with Crippen molar-refractivity contribution >= 4 is 11.7 Å². The van der Waals surface area contributed by atoms with Gasteiger partial charge in [0.1, 0.15) is 0 Å². The zero-order valence-corrected chi connectivity index (χ0v) is 9.76. The molecule has 1 heterocycles. The molecule has 92 valence electrons. The second kappa shape index (κ2) is 5.68. The Hall–Kier alpha value is -1.55. The van der Waals surface area contributed by atoms with E-state index in [0.29, 0.717) is 6.42 Å². The van der Waals surface area contributed by atoms with Crippen LogP contribution in [0.2, 0.25) is 0 Å². The lowest BCUT2D eigenvalue weighted by Gasteiger charge is -2.28. The second-order valence-electron chi connectivity index (χ2n) is 4.16. The van der Waals surface area contributed by atoms with Crippen LogP contribution in [0.25, 0.3) is 0 Å². The molecule has 0 bridgehead atoms. The van der Waals surface area contributed by atoms with E-state index >= 15 is 0 Å². The third-order valence-corrected chi connectivity index (χ3v) is 2.94. The van der Waals surface area contributed by atoms with Gasteiger partial charge in [0, 0.05) is 25.2 Å². The molecule has 0 aliphatic carbocycles. The van der Waals surface area contributed by atoms with E-state index in [2.05, 4.69) is 17.0 Å². The largest absolute Gasteiger partial charge is 0.481 e. The van der Waals surface area contributed by atoms with Crippen molar-refractivity contribution in [2.45, 2.75) is 12.8 Å². The molecule has 2 rings (SSSR count). The minimum atomic E-state index is -0.748.